The summed E-state index contributed by atoms with van der Waals surface area (Å²) in [6.07, 6.45) is 0. The van der Waals surface area contributed by atoms with E-state index in [0.717, 1.165) is 16.3 Å². The lowest BCUT2D eigenvalue weighted by Crippen LogP contribution is -1.95. The van der Waals surface area contributed by atoms with Crippen molar-refractivity contribution in [2.45, 2.75) is 12.7 Å². The van der Waals surface area contributed by atoms with Gasteiger partial charge < -0.3 is 4.74 Å². The Balaban J connectivity index is 2.02. The monoisotopic (exact) mass is 269 g/mol. The number of nitrogens with zero attached hydrogens (tertiary/aromatic N) is 1. The van der Waals surface area contributed by atoms with Crippen molar-refractivity contribution in [2.24, 2.45) is 0 Å². The third-order valence-electron chi connectivity index (χ3n) is 1.91. The Hall–Kier alpha value is -0.650. The van der Waals surface area contributed by atoms with Crippen molar-refractivity contribution in [3.05, 3.63) is 29.3 Å². The number of ether oxygens (including phenoxy) is 1. The molecule has 0 aliphatic carbocycles. The summed E-state index contributed by atoms with van der Waals surface area (Å²) < 4.78 is 7.03. The first-order chi connectivity index (χ1) is 7.79. The molecule has 84 valence electrons. The van der Waals surface area contributed by atoms with Crippen molar-refractivity contribution in [1.29, 1.82) is 0 Å². The van der Waals surface area contributed by atoms with E-state index in [-0.39, 0.29) is 0 Å². The molecule has 2 aromatic rings. The first-order valence-electron chi connectivity index (χ1n) is 4.93. The van der Waals surface area contributed by atoms with Crippen molar-refractivity contribution in [3.8, 4) is 0 Å². The molecule has 0 N–H and O–H groups in total. The average Bonchev–Trinajstić information content (AvgIpc) is 2.69. The molecule has 2 rings (SSSR count). The van der Waals surface area contributed by atoms with E-state index in [0.29, 0.717) is 11.0 Å². The Morgan fingerprint density at radius 3 is 3.06 bits per heavy atom. The number of thiocarbonyl (C=S) groups is 1. The van der Waals surface area contributed by atoms with Crippen LogP contribution in [0.2, 0.25) is 0 Å². The van der Waals surface area contributed by atoms with Crippen LogP contribution in [0.1, 0.15) is 11.9 Å². The van der Waals surface area contributed by atoms with Crippen LogP contribution < -0.4 is 0 Å². The molecular weight excluding hydrogens is 258 g/mol. The molecule has 5 heteroatoms. The summed E-state index contributed by atoms with van der Waals surface area (Å²) in [4.78, 5) is 4.53. The molecule has 0 aliphatic rings. The predicted octanol–water partition coefficient (Wildman–Crippen LogP) is 3.85. The van der Waals surface area contributed by atoms with E-state index in [2.05, 4.69) is 11.1 Å². The minimum Gasteiger partial charge on any atom is -0.479 e. The molecule has 0 atom stereocenters. The maximum atomic E-state index is 5.21. The quantitative estimate of drug-likeness (QED) is 0.789. The fraction of sp³-hybridized carbons (Fsp3) is 0.273. The van der Waals surface area contributed by atoms with E-state index in [1.54, 1.807) is 11.3 Å². The summed E-state index contributed by atoms with van der Waals surface area (Å²) >= 11 is 8.29. The number of hydrogen-bond donors (Lipinski definition) is 0. The summed E-state index contributed by atoms with van der Waals surface area (Å²) in [5, 5.41) is 1.09. The van der Waals surface area contributed by atoms with E-state index in [1.165, 1.54) is 16.5 Å². The number of para-hydroxylation sites is 1. The van der Waals surface area contributed by atoms with E-state index in [9.17, 15) is 0 Å². The molecule has 0 fully saturated rings. The predicted molar refractivity (Wildman–Crippen MR) is 75.1 cm³/mol. The van der Waals surface area contributed by atoms with Crippen LogP contribution in [0.3, 0.4) is 0 Å². The highest BCUT2D eigenvalue weighted by molar-refractivity contribution is 8.22. The van der Waals surface area contributed by atoms with Gasteiger partial charge >= 0.3 is 0 Å². The maximum absolute atomic E-state index is 5.21. The number of fused-ring (bicyclic) bond motifs is 1. The molecule has 1 heterocycles. The van der Waals surface area contributed by atoms with Gasteiger partial charge in [0.15, 0.2) is 0 Å². The Morgan fingerprint density at radius 2 is 2.31 bits per heavy atom. The minimum atomic E-state index is 0.599. The van der Waals surface area contributed by atoms with Crippen molar-refractivity contribution in [3.63, 3.8) is 0 Å². The van der Waals surface area contributed by atoms with Crippen LogP contribution in [0.5, 0.6) is 0 Å². The molecule has 1 aromatic carbocycles. The van der Waals surface area contributed by atoms with Gasteiger partial charge in [0.1, 0.15) is 5.01 Å². The largest absolute Gasteiger partial charge is 0.479 e. The zero-order valence-corrected chi connectivity index (χ0v) is 11.3. The van der Waals surface area contributed by atoms with Gasteiger partial charge in [-0.1, -0.05) is 23.9 Å². The Morgan fingerprint density at radius 1 is 1.50 bits per heavy atom. The number of thioether (sulfide) groups is 1. The lowest BCUT2D eigenvalue weighted by Gasteiger charge is -2.01. The second-order valence-electron chi connectivity index (χ2n) is 3.05. The molecule has 0 radical (unpaired) electrons. The van der Waals surface area contributed by atoms with Crippen molar-refractivity contribution >= 4 is 49.9 Å². The van der Waals surface area contributed by atoms with Crippen LogP contribution >= 0.6 is 35.3 Å². The van der Waals surface area contributed by atoms with Crippen LogP contribution in [0.4, 0.5) is 0 Å². The first kappa shape index (κ1) is 11.8. The van der Waals surface area contributed by atoms with Crippen LogP contribution in [-0.2, 0) is 10.5 Å². The van der Waals surface area contributed by atoms with E-state index in [1.807, 2.05) is 25.1 Å². The number of aromatic nitrogens is 1. The number of thiazole rings is 1. The van der Waals surface area contributed by atoms with Gasteiger partial charge in [0, 0.05) is 0 Å². The molecule has 0 unspecified atom stereocenters. The summed E-state index contributed by atoms with van der Waals surface area (Å²) in [6, 6.07) is 8.15. The second-order valence-corrected chi connectivity index (χ2v) is 5.74. The maximum Gasteiger partial charge on any atom is 0.220 e. The third kappa shape index (κ3) is 2.93. The lowest BCUT2D eigenvalue weighted by molar-refractivity contribution is 0.346. The third-order valence-corrected chi connectivity index (χ3v) is 4.38. The molecule has 2 nitrogen and oxygen atoms in total. The van der Waals surface area contributed by atoms with Gasteiger partial charge in [-0.25, -0.2) is 4.98 Å². The van der Waals surface area contributed by atoms with Gasteiger partial charge in [-0.3, -0.25) is 0 Å². The number of hydrogen-bond acceptors (Lipinski definition) is 5. The fourth-order valence-electron chi connectivity index (χ4n) is 1.26. The van der Waals surface area contributed by atoms with Crippen LogP contribution in [0.25, 0.3) is 10.2 Å². The number of benzene rings is 1. The number of rotatable bonds is 3. The van der Waals surface area contributed by atoms with Gasteiger partial charge in [0.05, 0.1) is 22.6 Å². The highest BCUT2D eigenvalue weighted by Gasteiger charge is 2.05. The first-order valence-corrected chi connectivity index (χ1v) is 7.14. The Bertz CT molecular complexity index is 462. The van der Waals surface area contributed by atoms with Gasteiger partial charge in [-0.05, 0) is 31.3 Å². The van der Waals surface area contributed by atoms with E-state index >= 15 is 0 Å². The van der Waals surface area contributed by atoms with Crippen LogP contribution in [0, 0.1) is 0 Å². The highest BCUT2D eigenvalue weighted by atomic mass is 32.2. The summed E-state index contributed by atoms with van der Waals surface area (Å²) in [5.74, 6) is 0.790. The van der Waals surface area contributed by atoms with Gasteiger partial charge in [-0.15, -0.1) is 11.3 Å². The topological polar surface area (TPSA) is 22.1 Å². The summed E-state index contributed by atoms with van der Waals surface area (Å²) in [6.45, 7) is 2.57. The Labute approximate surface area is 108 Å². The minimum absolute atomic E-state index is 0.599. The summed E-state index contributed by atoms with van der Waals surface area (Å²) in [5.41, 5.74) is 1.06. The molecule has 1 aromatic heterocycles. The normalized spacial score (nSPS) is 10.6. The smallest absolute Gasteiger partial charge is 0.220 e. The van der Waals surface area contributed by atoms with E-state index < -0.39 is 0 Å². The van der Waals surface area contributed by atoms with E-state index in [4.69, 9.17) is 17.0 Å². The fourth-order valence-corrected chi connectivity index (χ4v) is 3.24. The van der Waals surface area contributed by atoms with Crippen molar-refractivity contribution in [2.75, 3.05) is 6.61 Å². The molecular formula is C11H11NOS3. The highest BCUT2D eigenvalue weighted by Crippen LogP contribution is 2.25. The molecule has 0 aliphatic heterocycles. The van der Waals surface area contributed by atoms with Gasteiger partial charge in [0.2, 0.25) is 4.38 Å². The zero-order valence-electron chi connectivity index (χ0n) is 8.80. The molecule has 0 amide bonds. The second kappa shape index (κ2) is 5.61. The summed E-state index contributed by atoms with van der Waals surface area (Å²) in [7, 11) is 0. The molecule has 0 saturated carbocycles. The Kier molecular flexibility index (Phi) is 4.15. The molecule has 0 saturated heterocycles. The SMILES string of the molecule is CCOC(=S)SCc1nc2ccccc2s1. The van der Waals surface area contributed by atoms with Crippen molar-refractivity contribution < 1.29 is 4.74 Å². The molecule has 0 spiro atoms. The molecule has 0 bridgehead atoms. The zero-order chi connectivity index (χ0) is 11.4. The van der Waals surface area contributed by atoms with Crippen LogP contribution in [0.15, 0.2) is 24.3 Å². The van der Waals surface area contributed by atoms with Crippen molar-refractivity contribution in [1.82, 2.24) is 4.98 Å². The van der Waals surface area contributed by atoms with Gasteiger partial charge in [-0.2, -0.15) is 0 Å². The average molecular weight is 269 g/mol. The lowest BCUT2D eigenvalue weighted by atomic mass is 10.3. The molecule has 16 heavy (non-hydrogen) atoms. The van der Waals surface area contributed by atoms with Gasteiger partial charge in [0.25, 0.3) is 0 Å². The standard InChI is InChI=1S/C11H11NOS3/c1-2-13-11(14)15-7-10-12-8-5-3-4-6-9(8)16-10/h3-6H,2,7H2,1H3. The van der Waals surface area contributed by atoms with Crippen LogP contribution in [-0.4, -0.2) is 16.0 Å².